The van der Waals surface area contributed by atoms with Gasteiger partial charge in [0.25, 0.3) is 0 Å². The molecule has 0 fully saturated rings. The highest BCUT2D eigenvalue weighted by molar-refractivity contribution is 6.01. The van der Waals surface area contributed by atoms with Gasteiger partial charge in [0.15, 0.2) is 0 Å². The van der Waals surface area contributed by atoms with Crippen LogP contribution < -0.4 is 10.6 Å². The molecule has 1 heterocycles. The minimum Gasteiger partial charge on any atom is -0.338 e. The molecule has 7 heteroatoms. The molecule has 4 nitrogen and oxygen atoms in total. The highest BCUT2D eigenvalue weighted by Crippen LogP contribution is 2.29. The summed E-state index contributed by atoms with van der Waals surface area (Å²) in [4.78, 5) is 16.1. The fourth-order valence-corrected chi connectivity index (χ4v) is 2.79. The van der Waals surface area contributed by atoms with Crippen molar-refractivity contribution in [2.75, 3.05) is 11.9 Å². The topological polar surface area (TPSA) is 54.0 Å². The predicted octanol–water partition coefficient (Wildman–Crippen LogP) is 5.01. The molecule has 140 valence electrons. The molecule has 0 atom stereocenters. The minimum atomic E-state index is -4.35. The maximum Gasteiger partial charge on any atom is 0.416 e. The number of nitrogens with one attached hydrogen (secondary N) is 2. The number of aryl methyl sites for hydroxylation is 1. The molecule has 0 aliphatic rings. The Balaban J connectivity index is 1.50. The molecule has 1 aromatic heterocycles. The second kappa shape index (κ2) is 8.07. The summed E-state index contributed by atoms with van der Waals surface area (Å²) in [5.41, 5.74) is 0.582. The molecule has 0 aliphatic carbocycles. The predicted molar refractivity (Wildman–Crippen MR) is 98.5 cm³/mol. The number of hydrogen-bond donors (Lipinski definition) is 2. The van der Waals surface area contributed by atoms with E-state index in [4.69, 9.17) is 0 Å². The zero-order chi connectivity index (χ0) is 19.3. The molecule has 0 unspecified atom stereocenters. The first-order chi connectivity index (χ1) is 12.9. The standard InChI is InChI=1S/C20H18F3N3O/c21-20(22,23)16-7-1-4-14(12-16)5-3-10-25-19(27)26-18-8-2-6-15-9-11-24-13-17(15)18/h1-2,4,6-9,11-13H,3,5,10H2,(H2,25,26,27). The first-order valence-corrected chi connectivity index (χ1v) is 8.47. The van der Waals surface area contributed by atoms with Crippen molar-refractivity contribution in [1.29, 1.82) is 0 Å². The molecular formula is C20H18F3N3O. The van der Waals surface area contributed by atoms with Crippen molar-refractivity contribution >= 4 is 22.5 Å². The fraction of sp³-hybridized carbons (Fsp3) is 0.200. The maximum atomic E-state index is 12.7. The van der Waals surface area contributed by atoms with Crippen LogP contribution in [0.5, 0.6) is 0 Å². The molecular weight excluding hydrogens is 355 g/mol. The first kappa shape index (κ1) is 18.7. The summed E-state index contributed by atoms with van der Waals surface area (Å²) in [7, 11) is 0. The Morgan fingerprint density at radius 3 is 2.70 bits per heavy atom. The second-order valence-corrected chi connectivity index (χ2v) is 6.08. The lowest BCUT2D eigenvalue weighted by atomic mass is 10.1. The molecule has 0 aliphatic heterocycles. The normalized spacial score (nSPS) is 11.4. The van der Waals surface area contributed by atoms with Gasteiger partial charge in [0, 0.05) is 24.3 Å². The van der Waals surface area contributed by atoms with E-state index in [1.54, 1.807) is 24.5 Å². The number of carbonyl (C=O) groups is 1. The van der Waals surface area contributed by atoms with Gasteiger partial charge in [-0.3, -0.25) is 4.98 Å². The second-order valence-electron chi connectivity index (χ2n) is 6.08. The molecule has 27 heavy (non-hydrogen) atoms. The van der Waals surface area contributed by atoms with Gasteiger partial charge in [-0.05, 0) is 42.0 Å². The van der Waals surface area contributed by atoms with Gasteiger partial charge < -0.3 is 10.6 Å². The van der Waals surface area contributed by atoms with Gasteiger partial charge in [-0.15, -0.1) is 0 Å². The summed E-state index contributed by atoms with van der Waals surface area (Å²) in [5, 5.41) is 7.29. The number of halogens is 3. The Hall–Kier alpha value is -3.09. The highest BCUT2D eigenvalue weighted by atomic mass is 19.4. The van der Waals surface area contributed by atoms with E-state index in [9.17, 15) is 18.0 Å². The third-order valence-corrected chi connectivity index (χ3v) is 4.11. The van der Waals surface area contributed by atoms with Crippen LogP contribution in [0.3, 0.4) is 0 Å². The number of rotatable bonds is 5. The molecule has 2 amide bonds. The number of fused-ring (bicyclic) bond motifs is 1. The van der Waals surface area contributed by atoms with E-state index >= 15 is 0 Å². The lowest BCUT2D eigenvalue weighted by molar-refractivity contribution is -0.137. The van der Waals surface area contributed by atoms with Crippen LogP contribution in [-0.4, -0.2) is 17.6 Å². The number of carbonyl (C=O) groups excluding carboxylic acids is 1. The Kier molecular flexibility index (Phi) is 5.59. The first-order valence-electron chi connectivity index (χ1n) is 8.47. The molecule has 0 radical (unpaired) electrons. The number of aromatic nitrogens is 1. The van der Waals surface area contributed by atoms with Crippen LogP contribution in [0, 0.1) is 0 Å². The molecule has 3 rings (SSSR count). The number of pyridine rings is 1. The number of hydrogen-bond acceptors (Lipinski definition) is 2. The maximum absolute atomic E-state index is 12.7. The van der Waals surface area contributed by atoms with Crippen LogP contribution in [0.4, 0.5) is 23.7 Å². The van der Waals surface area contributed by atoms with Gasteiger partial charge in [-0.25, -0.2) is 4.79 Å². The van der Waals surface area contributed by atoms with Crippen LogP contribution in [-0.2, 0) is 12.6 Å². The summed E-state index contributed by atoms with van der Waals surface area (Å²) in [6.45, 7) is 0.352. The Bertz CT molecular complexity index is 936. The molecule has 0 spiro atoms. The quantitative estimate of drug-likeness (QED) is 0.618. The minimum absolute atomic E-state index is 0.352. The highest BCUT2D eigenvalue weighted by Gasteiger charge is 2.30. The number of anilines is 1. The lowest BCUT2D eigenvalue weighted by Crippen LogP contribution is -2.29. The van der Waals surface area contributed by atoms with Crippen molar-refractivity contribution in [2.24, 2.45) is 0 Å². The van der Waals surface area contributed by atoms with Gasteiger partial charge in [0.1, 0.15) is 0 Å². The SMILES string of the molecule is O=C(NCCCc1cccc(C(F)(F)F)c1)Nc1cccc2ccncc12. The van der Waals surface area contributed by atoms with Gasteiger partial charge in [-0.1, -0.05) is 30.3 Å². The smallest absolute Gasteiger partial charge is 0.338 e. The molecule has 2 aromatic carbocycles. The fourth-order valence-electron chi connectivity index (χ4n) is 2.79. The van der Waals surface area contributed by atoms with E-state index in [1.165, 1.54) is 6.07 Å². The molecule has 0 saturated carbocycles. The summed E-state index contributed by atoms with van der Waals surface area (Å²) in [5.74, 6) is 0. The van der Waals surface area contributed by atoms with Crippen LogP contribution in [0.1, 0.15) is 17.5 Å². The van der Waals surface area contributed by atoms with Crippen molar-refractivity contribution in [1.82, 2.24) is 10.3 Å². The number of amides is 2. The molecule has 2 N–H and O–H groups in total. The van der Waals surface area contributed by atoms with Gasteiger partial charge >= 0.3 is 12.2 Å². The lowest BCUT2D eigenvalue weighted by Gasteiger charge is -2.11. The third kappa shape index (κ3) is 4.97. The van der Waals surface area contributed by atoms with Crippen LogP contribution in [0.25, 0.3) is 10.8 Å². The van der Waals surface area contributed by atoms with E-state index in [-0.39, 0.29) is 6.03 Å². The van der Waals surface area contributed by atoms with Crippen LogP contribution in [0.2, 0.25) is 0 Å². The number of nitrogens with zero attached hydrogens (tertiary/aromatic N) is 1. The zero-order valence-electron chi connectivity index (χ0n) is 14.4. The van der Waals surface area contributed by atoms with Crippen LogP contribution in [0.15, 0.2) is 60.9 Å². The molecule has 0 bridgehead atoms. The Labute approximate surface area is 154 Å². The summed E-state index contributed by atoms with van der Waals surface area (Å²) >= 11 is 0. The van der Waals surface area contributed by atoms with Gasteiger partial charge in [0.2, 0.25) is 0 Å². The average molecular weight is 373 g/mol. The molecule has 0 saturated heterocycles. The number of benzene rings is 2. The Morgan fingerprint density at radius 1 is 1.07 bits per heavy atom. The summed E-state index contributed by atoms with van der Waals surface area (Å²) < 4.78 is 38.1. The largest absolute Gasteiger partial charge is 0.416 e. The van der Waals surface area contributed by atoms with E-state index < -0.39 is 11.7 Å². The van der Waals surface area contributed by atoms with Crippen molar-refractivity contribution in [2.45, 2.75) is 19.0 Å². The van der Waals surface area contributed by atoms with E-state index in [0.29, 0.717) is 30.6 Å². The number of urea groups is 1. The Morgan fingerprint density at radius 2 is 1.89 bits per heavy atom. The summed E-state index contributed by atoms with van der Waals surface area (Å²) in [6.07, 6.45) is -0.00573. The zero-order valence-corrected chi connectivity index (χ0v) is 14.4. The van der Waals surface area contributed by atoms with Crippen molar-refractivity contribution in [3.05, 3.63) is 72.1 Å². The van der Waals surface area contributed by atoms with E-state index in [0.717, 1.165) is 22.9 Å². The van der Waals surface area contributed by atoms with Crippen molar-refractivity contribution in [3.8, 4) is 0 Å². The van der Waals surface area contributed by atoms with Crippen molar-refractivity contribution < 1.29 is 18.0 Å². The monoisotopic (exact) mass is 373 g/mol. The average Bonchev–Trinajstić information content (AvgIpc) is 2.65. The number of alkyl halides is 3. The third-order valence-electron chi connectivity index (χ3n) is 4.11. The van der Waals surface area contributed by atoms with E-state index in [2.05, 4.69) is 15.6 Å². The van der Waals surface area contributed by atoms with Gasteiger partial charge in [0.05, 0.1) is 11.3 Å². The molecule has 3 aromatic rings. The van der Waals surface area contributed by atoms with Crippen LogP contribution >= 0.6 is 0 Å². The summed E-state index contributed by atoms with van der Waals surface area (Å²) in [6, 6.07) is 12.3. The van der Waals surface area contributed by atoms with Crippen molar-refractivity contribution in [3.63, 3.8) is 0 Å². The van der Waals surface area contributed by atoms with E-state index in [1.807, 2.05) is 18.2 Å². The van der Waals surface area contributed by atoms with Gasteiger partial charge in [-0.2, -0.15) is 13.2 Å².